The molecule has 0 aliphatic carbocycles. The topological polar surface area (TPSA) is 113 Å². The van der Waals surface area contributed by atoms with Crippen molar-refractivity contribution in [2.75, 3.05) is 12.9 Å². The number of aryl methyl sites for hydroxylation is 1. The number of hydroxylamine groups is 1. The molecule has 38 heavy (non-hydrogen) atoms. The van der Waals surface area contributed by atoms with E-state index in [1.54, 1.807) is 12.3 Å². The predicted octanol–water partition coefficient (Wildman–Crippen LogP) is 3.47. The van der Waals surface area contributed by atoms with Crippen LogP contribution < -0.4 is 11.0 Å². The summed E-state index contributed by atoms with van der Waals surface area (Å²) in [6, 6.07) is 13.7. The molecule has 1 unspecified atom stereocenters. The Hall–Kier alpha value is -3.05. The van der Waals surface area contributed by atoms with Crippen molar-refractivity contribution in [2.24, 2.45) is 0 Å². The maximum atomic E-state index is 13.3. The van der Waals surface area contributed by atoms with Crippen LogP contribution in [0.5, 0.6) is 0 Å². The van der Waals surface area contributed by atoms with E-state index in [2.05, 4.69) is 23.7 Å². The zero-order valence-corrected chi connectivity index (χ0v) is 22.4. The van der Waals surface area contributed by atoms with Gasteiger partial charge in [0.25, 0.3) is 11.5 Å². The van der Waals surface area contributed by atoms with E-state index in [4.69, 9.17) is 14.3 Å². The predicted molar refractivity (Wildman–Crippen MR) is 143 cm³/mol. The Morgan fingerprint density at radius 1 is 1.11 bits per heavy atom. The van der Waals surface area contributed by atoms with Crippen molar-refractivity contribution in [1.29, 1.82) is 0 Å². The van der Waals surface area contributed by atoms with Crippen LogP contribution in [0, 0.1) is 0 Å². The van der Waals surface area contributed by atoms with Crippen LogP contribution >= 0.6 is 0 Å². The second-order valence-corrected chi connectivity index (χ2v) is 12.6. The summed E-state index contributed by atoms with van der Waals surface area (Å²) in [5.41, 5.74) is 6.44. The summed E-state index contributed by atoms with van der Waals surface area (Å²) in [6.45, 7) is 3.15. The van der Waals surface area contributed by atoms with Crippen LogP contribution in [0.3, 0.4) is 0 Å². The van der Waals surface area contributed by atoms with Gasteiger partial charge >= 0.3 is 0 Å². The molecule has 202 valence electrons. The summed E-state index contributed by atoms with van der Waals surface area (Å²) in [4.78, 5) is 31.5. The molecular formula is C28H32N2O7S. The molecule has 2 aliphatic rings. The average Bonchev–Trinajstić information content (AvgIpc) is 3.39. The molecule has 2 aromatic carbocycles. The van der Waals surface area contributed by atoms with E-state index < -0.39 is 26.8 Å². The highest BCUT2D eigenvalue weighted by molar-refractivity contribution is 7.92. The maximum absolute atomic E-state index is 13.3. The van der Waals surface area contributed by atoms with Gasteiger partial charge in [0.05, 0.1) is 13.2 Å². The summed E-state index contributed by atoms with van der Waals surface area (Å²) in [5.74, 6) is -0.785. The molecule has 9 nitrogen and oxygen atoms in total. The fourth-order valence-corrected chi connectivity index (χ4v) is 5.67. The summed E-state index contributed by atoms with van der Waals surface area (Å²) in [7, 11) is -3.84. The van der Waals surface area contributed by atoms with Crippen LogP contribution in [0.2, 0.25) is 0 Å². The Kier molecular flexibility index (Phi) is 7.41. The number of pyridine rings is 1. The number of rotatable bonds is 8. The third kappa shape index (κ3) is 5.26. The molecule has 3 aromatic rings. The van der Waals surface area contributed by atoms with Gasteiger partial charge in [0, 0.05) is 37.4 Å². The average molecular weight is 541 g/mol. The van der Waals surface area contributed by atoms with Gasteiger partial charge in [0.1, 0.15) is 0 Å². The largest absolute Gasteiger partial charge is 0.372 e. The van der Waals surface area contributed by atoms with Crippen LogP contribution in [-0.2, 0) is 48.7 Å². The third-order valence-corrected chi connectivity index (χ3v) is 9.61. The number of amides is 1. The lowest BCUT2D eigenvalue weighted by atomic mass is 9.98. The van der Waals surface area contributed by atoms with E-state index in [-0.39, 0.29) is 18.5 Å². The van der Waals surface area contributed by atoms with E-state index in [0.29, 0.717) is 31.6 Å². The van der Waals surface area contributed by atoms with E-state index >= 15 is 0 Å². The zero-order valence-electron chi connectivity index (χ0n) is 21.6. The van der Waals surface area contributed by atoms with E-state index in [1.165, 1.54) is 22.6 Å². The Balaban J connectivity index is 1.33. The monoisotopic (exact) mass is 540 g/mol. The third-order valence-electron chi connectivity index (χ3n) is 7.58. The molecule has 1 amide bonds. The zero-order chi connectivity index (χ0) is 26.9. The highest BCUT2D eigenvalue weighted by Gasteiger charge is 2.44. The van der Waals surface area contributed by atoms with Crippen molar-refractivity contribution >= 4 is 26.5 Å². The quantitative estimate of drug-likeness (QED) is 0.436. The Morgan fingerprint density at radius 2 is 1.87 bits per heavy atom. The molecule has 1 saturated heterocycles. The number of ether oxygens (including phenoxy) is 2. The minimum atomic E-state index is -3.84. The lowest BCUT2D eigenvalue weighted by Gasteiger charge is -2.28. The van der Waals surface area contributed by atoms with Gasteiger partial charge in [-0.1, -0.05) is 18.2 Å². The molecule has 5 rings (SSSR count). The number of nitrogens with zero attached hydrogens (tertiary/aromatic N) is 1. The molecule has 3 heterocycles. The number of aromatic nitrogens is 1. The highest BCUT2D eigenvalue weighted by Crippen LogP contribution is 2.29. The SMILES string of the molecule is C[C@@](CCn1ccc2cc(-c3ccc4c(c3)COC4)ccc2c1=O)(C(=O)NOC1CCCCO1)S(C)(=O)=O. The number of hydrogen-bond donors (Lipinski definition) is 1. The van der Waals surface area contributed by atoms with E-state index in [0.717, 1.165) is 35.6 Å². The molecule has 10 heteroatoms. The number of nitrogens with one attached hydrogen (secondary N) is 1. The molecule has 0 radical (unpaired) electrons. The molecular weight excluding hydrogens is 508 g/mol. The molecule has 0 spiro atoms. The normalized spacial score (nSPS) is 19.2. The van der Waals surface area contributed by atoms with Gasteiger partial charge in [-0.15, -0.1) is 0 Å². The van der Waals surface area contributed by atoms with Gasteiger partial charge in [-0.3, -0.25) is 9.59 Å². The van der Waals surface area contributed by atoms with Crippen LogP contribution in [0.25, 0.3) is 21.9 Å². The molecule has 1 fully saturated rings. The first kappa shape index (κ1) is 26.6. The molecule has 1 N–H and O–H groups in total. The Bertz CT molecular complexity index is 1530. The number of sulfone groups is 1. The highest BCUT2D eigenvalue weighted by atomic mass is 32.2. The molecule has 1 aromatic heterocycles. The number of carbonyl (C=O) groups is 1. The summed E-state index contributed by atoms with van der Waals surface area (Å²) < 4.78 is 35.9. The fraction of sp³-hybridized carbons (Fsp3) is 0.429. The molecule has 2 aliphatic heterocycles. The molecule has 2 atom stereocenters. The standard InChI is InChI=1S/C28H32N2O7S/c1-28(38(2,33)34,27(32)29-37-25-5-3-4-14-36-25)11-13-30-12-10-21-15-20(8-9-24(21)26(30)31)19-6-7-22-17-35-18-23(22)16-19/h6-10,12,15-16,25H,3-5,11,13-14,17-18H2,1-2H3,(H,29,32)/t25?,28-/m1/s1. The van der Waals surface area contributed by atoms with Crippen LogP contribution in [0.1, 0.15) is 43.7 Å². The second kappa shape index (κ2) is 10.6. The van der Waals surface area contributed by atoms with Gasteiger partial charge in [-0.05, 0) is 78.1 Å². The van der Waals surface area contributed by atoms with Gasteiger partial charge < -0.3 is 14.0 Å². The van der Waals surface area contributed by atoms with Crippen molar-refractivity contribution < 1.29 is 27.5 Å². The lowest BCUT2D eigenvalue weighted by molar-refractivity contribution is -0.201. The molecule has 0 saturated carbocycles. The lowest BCUT2D eigenvalue weighted by Crippen LogP contribution is -2.51. The molecule has 0 bridgehead atoms. The van der Waals surface area contributed by atoms with Crippen molar-refractivity contribution in [3.8, 4) is 11.1 Å². The van der Waals surface area contributed by atoms with Crippen molar-refractivity contribution in [3.63, 3.8) is 0 Å². The van der Waals surface area contributed by atoms with Gasteiger partial charge in [-0.25, -0.2) is 18.7 Å². The Labute approximate surface area is 221 Å². The van der Waals surface area contributed by atoms with Crippen molar-refractivity contribution in [3.05, 3.63) is 70.1 Å². The smallest absolute Gasteiger partial charge is 0.264 e. The summed E-state index contributed by atoms with van der Waals surface area (Å²) >= 11 is 0. The fourth-order valence-electron chi connectivity index (χ4n) is 4.83. The van der Waals surface area contributed by atoms with Crippen molar-refractivity contribution in [2.45, 2.75) is 63.4 Å². The summed E-state index contributed by atoms with van der Waals surface area (Å²) in [5, 5.41) is 1.30. The summed E-state index contributed by atoms with van der Waals surface area (Å²) in [6.07, 6.45) is 4.38. The number of carbonyl (C=O) groups excluding carboxylic acids is 1. The van der Waals surface area contributed by atoms with Crippen LogP contribution in [-0.4, -0.2) is 42.8 Å². The van der Waals surface area contributed by atoms with Gasteiger partial charge in [0.2, 0.25) is 0 Å². The maximum Gasteiger partial charge on any atom is 0.264 e. The minimum absolute atomic E-state index is 0.0399. The first-order valence-electron chi connectivity index (χ1n) is 12.8. The van der Waals surface area contributed by atoms with E-state index in [1.807, 2.05) is 18.2 Å². The minimum Gasteiger partial charge on any atom is -0.372 e. The van der Waals surface area contributed by atoms with Crippen molar-refractivity contribution in [1.82, 2.24) is 10.0 Å². The first-order chi connectivity index (χ1) is 18.2. The van der Waals surface area contributed by atoms with Crippen LogP contribution in [0.15, 0.2) is 53.5 Å². The second-order valence-electron chi connectivity index (χ2n) is 10.2. The van der Waals surface area contributed by atoms with Gasteiger partial charge in [-0.2, -0.15) is 0 Å². The number of fused-ring (bicyclic) bond motifs is 2. The first-order valence-corrected chi connectivity index (χ1v) is 14.7. The Morgan fingerprint density at radius 3 is 2.63 bits per heavy atom. The van der Waals surface area contributed by atoms with Crippen LogP contribution in [0.4, 0.5) is 0 Å². The van der Waals surface area contributed by atoms with Gasteiger partial charge in [0.15, 0.2) is 20.9 Å². The number of hydrogen-bond acceptors (Lipinski definition) is 7. The van der Waals surface area contributed by atoms with E-state index in [9.17, 15) is 18.0 Å². The number of benzene rings is 2.